The lowest BCUT2D eigenvalue weighted by Crippen LogP contribution is -2.57. The fourth-order valence-corrected chi connectivity index (χ4v) is 6.87. The number of cyclic esters (lactones) is 2. The average Bonchev–Trinajstić information content (AvgIpc) is 2.52. The van der Waals surface area contributed by atoms with Crippen LogP contribution in [0.4, 0.5) is 0 Å². The van der Waals surface area contributed by atoms with Crippen molar-refractivity contribution < 1.29 is 14.3 Å². The number of hydrogen-bond donors (Lipinski definition) is 0. The standard InChI is InChI=1S/C16H22O3/c1-14-4-10-5-15(2,7-14)9-16(6-10,8-14)11-3-12(17)19-13(11)18/h10-11H,3-9H2,1-2H3. The highest BCUT2D eigenvalue weighted by molar-refractivity contribution is 5.95. The number of rotatable bonds is 1. The van der Waals surface area contributed by atoms with Crippen LogP contribution in [0.15, 0.2) is 0 Å². The van der Waals surface area contributed by atoms with Crippen molar-refractivity contribution in [2.45, 2.75) is 58.8 Å². The summed E-state index contributed by atoms with van der Waals surface area (Å²) in [5.74, 6) is 0.0667. The van der Waals surface area contributed by atoms with Crippen molar-refractivity contribution in [3.63, 3.8) is 0 Å². The van der Waals surface area contributed by atoms with Gasteiger partial charge in [0.05, 0.1) is 12.3 Å². The molecule has 3 heteroatoms. The summed E-state index contributed by atoms with van der Waals surface area (Å²) in [4.78, 5) is 23.5. The summed E-state index contributed by atoms with van der Waals surface area (Å²) < 4.78 is 4.85. The van der Waals surface area contributed by atoms with Gasteiger partial charge in [-0.2, -0.15) is 0 Å². The van der Waals surface area contributed by atoms with Gasteiger partial charge in [0.15, 0.2) is 0 Å². The van der Waals surface area contributed by atoms with Crippen LogP contribution >= 0.6 is 0 Å². The zero-order chi connectivity index (χ0) is 13.5. The SMILES string of the molecule is CC12CC3CC(C)(C1)CC(C1CC(=O)OC1=O)(C3)C2. The number of ether oxygens (including phenoxy) is 1. The van der Waals surface area contributed by atoms with E-state index < -0.39 is 0 Å². The van der Waals surface area contributed by atoms with Crippen LogP contribution < -0.4 is 0 Å². The van der Waals surface area contributed by atoms with E-state index in [4.69, 9.17) is 4.74 Å². The fraction of sp³-hybridized carbons (Fsp3) is 0.875. The molecular formula is C16H22O3. The van der Waals surface area contributed by atoms with Crippen molar-refractivity contribution in [2.24, 2.45) is 28.1 Å². The molecule has 4 aliphatic carbocycles. The number of esters is 2. The second kappa shape index (κ2) is 3.24. The largest absolute Gasteiger partial charge is 0.393 e. The van der Waals surface area contributed by atoms with Gasteiger partial charge in [-0.15, -0.1) is 0 Å². The van der Waals surface area contributed by atoms with Crippen LogP contribution in [-0.4, -0.2) is 11.9 Å². The molecule has 4 saturated carbocycles. The molecule has 5 fully saturated rings. The van der Waals surface area contributed by atoms with E-state index in [-0.39, 0.29) is 23.3 Å². The van der Waals surface area contributed by atoms with Gasteiger partial charge in [0, 0.05) is 0 Å². The second-order valence-electron chi connectivity index (χ2n) is 8.54. The molecule has 3 atom stereocenters. The summed E-state index contributed by atoms with van der Waals surface area (Å²) in [6.45, 7) is 4.79. The molecule has 3 nitrogen and oxygen atoms in total. The molecule has 0 N–H and O–H groups in total. The molecule has 0 spiro atoms. The topological polar surface area (TPSA) is 43.4 Å². The first-order valence-corrected chi connectivity index (χ1v) is 7.56. The third kappa shape index (κ3) is 1.56. The molecule has 19 heavy (non-hydrogen) atoms. The second-order valence-corrected chi connectivity index (χ2v) is 8.54. The molecular weight excluding hydrogens is 240 g/mol. The van der Waals surface area contributed by atoms with Gasteiger partial charge in [-0.25, -0.2) is 0 Å². The normalized spacial score (nSPS) is 55.7. The molecule has 1 saturated heterocycles. The minimum atomic E-state index is -0.305. The van der Waals surface area contributed by atoms with Crippen LogP contribution in [0, 0.1) is 28.1 Å². The quantitative estimate of drug-likeness (QED) is 0.539. The maximum atomic E-state index is 12.1. The number of hydrogen-bond acceptors (Lipinski definition) is 3. The predicted octanol–water partition coefficient (Wildman–Crippen LogP) is 3.07. The van der Waals surface area contributed by atoms with Crippen molar-refractivity contribution in [3.8, 4) is 0 Å². The Kier molecular flexibility index (Phi) is 2.03. The fourth-order valence-electron chi connectivity index (χ4n) is 6.87. The van der Waals surface area contributed by atoms with Crippen LogP contribution in [0.1, 0.15) is 58.8 Å². The number of carbonyl (C=O) groups excluding carboxylic acids is 2. The highest BCUT2D eigenvalue weighted by Gasteiger charge is 2.64. The Labute approximate surface area is 114 Å². The highest BCUT2D eigenvalue weighted by atomic mass is 16.6. The Morgan fingerprint density at radius 2 is 1.63 bits per heavy atom. The molecule has 104 valence electrons. The first-order chi connectivity index (χ1) is 8.82. The van der Waals surface area contributed by atoms with Crippen LogP contribution in [-0.2, 0) is 14.3 Å². The van der Waals surface area contributed by atoms with Crippen LogP contribution in [0.25, 0.3) is 0 Å². The van der Waals surface area contributed by atoms with E-state index in [1.54, 1.807) is 0 Å². The van der Waals surface area contributed by atoms with E-state index >= 15 is 0 Å². The molecule has 1 heterocycles. The van der Waals surface area contributed by atoms with Gasteiger partial charge in [0.2, 0.25) is 0 Å². The molecule has 4 bridgehead atoms. The summed E-state index contributed by atoms with van der Waals surface area (Å²) in [6.07, 6.45) is 7.66. The molecule has 5 rings (SSSR count). The molecule has 0 radical (unpaired) electrons. The lowest BCUT2D eigenvalue weighted by Gasteiger charge is -2.66. The monoisotopic (exact) mass is 262 g/mol. The first-order valence-electron chi connectivity index (χ1n) is 7.56. The van der Waals surface area contributed by atoms with E-state index in [0.717, 1.165) is 25.2 Å². The van der Waals surface area contributed by atoms with Gasteiger partial charge in [-0.3, -0.25) is 9.59 Å². The summed E-state index contributed by atoms with van der Waals surface area (Å²) in [6, 6.07) is 0. The molecule has 3 unspecified atom stereocenters. The summed E-state index contributed by atoms with van der Waals surface area (Å²) >= 11 is 0. The highest BCUT2D eigenvalue weighted by Crippen LogP contribution is 2.72. The molecule has 0 amide bonds. The lowest BCUT2D eigenvalue weighted by molar-refractivity contribution is -0.177. The Hall–Kier alpha value is -0.860. The van der Waals surface area contributed by atoms with Gasteiger partial charge < -0.3 is 4.74 Å². The van der Waals surface area contributed by atoms with Crippen LogP contribution in [0.5, 0.6) is 0 Å². The lowest BCUT2D eigenvalue weighted by atomic mass is 9.38. The van der Waals surface area contributed by atoms with Gasteiger partial charge in [0.25, 0.3) is 0 Å². The Balaban J connectivity index is 1.75. The van der Waals surface area contributed by atoms with Gasteiger partial charge >= 0.3 is 11.9 Å². The minimum absolute atomic E-state index is 0.0617. The minimum Gasteiger partial charge on any atom is -0.393 e. The average molecular weight is 262 g/mol. The van der Waals surface area contributed by atoms with E-state index in [1.165, 1.54) is 19.3 Å². The van der Waals surface area contributed by atoms with Crippen molar-refractivity contribution >= 4 is 11.9 Å². The smallest absolute Gasteiger partial charge is 0.317 e. The van der Waals surface area contributed by atoms with Crippen molar-refractivity contribution in [1.82, 2.24) is 0 Å². The zero-order valence-electron chi connectivity index (χ0n) is 11.8. The van der Waals surface area contributed by atoms with Crippen molar-refractivity contribution in [3.05, 3.63) is 0 Å². The van der Waals surface area contributed by atoms with E-state index in [9.17, 15) is 9.59 Å². The first kappa shape index (κ1) is 11.9. The van der Waals surface area contributed by atoms with E-state index in [2.05, 4.69) is 13.8 Å². The molecule has 0 aromatic heterocycles. The summed E-state index contributed by atoms with van der Waals surface area (Å²) in [5.41, 5.74) is 0.840. The van der Waals surface area contributed by atoms with Crippen LogP contribution in [0.3, 0.4) is 0 Å². The molecule has 5 aliphatic rings. The molecule has 0 aromatic rings. The zero-order valence-corrected chi connectivity index (χ0v) is 11.8. The van der Waals surface area contributed by atoms with Gasteiger partial charge in [-0.05, 0) is 60.7 Å². The number of carbonyl (C=O) groups is 2. The maximum absolute atomic E-state index is 12.1. The Bertz CT molecular complexity index is 462. The third-order valence-electron chi connectivity index (χ3n) is 6.28. The predicted molar refractivity (Wildman–Crippen MR) is 69.0 cm³/mol. The van der Waals surface area contributed by atoms with Gasteiger partial charge in [-0.1, -0.05) is 13.8 Å². The van der Waals surface area contributed by atoms with E-state index in [1.807, 2.05) is 0 Å². The maximum Gasteiger partial charge on any atom is 0.317 e. The summed E-state index contributed by atoms with van der Waals surface area (Å²) in [5, 5.41) is 0. The van der Waals surface area contributed by atoms with Crippen molar-refractivity contribution in [2.75, 3.05) is 0 Å². The molecule has 1 aliphatic heterocycles. The van der Waals surface area contributed by atoms with Crippen LogP contribution in [0.2, 0.25) is 0 Å². The Morgan fingerprint density at radius 3 is 2.11 bits per heavy atom. The van der Waals surface area contributed by atoms with Gasteiger partial charge in [0.1, 0.15) is 0 Å². The van der Waals surface area contributed by atoms with Crippen molar-refractivity contribution in [1.29, 1.82) is 0 Å². The Morgan fingerprint density at radius 1 is 1.00 bits per heavy atom. The van der Waals surface area contributed by atoms with E-state index in [0.29, 0.717) is 17.3 Å². The molecule has 0 aromatic carbocycles. The summed E-state index contributed by atoms with van der Waals surface area (Å²) in [7, 11) is 0. The third-order valence-corrected chi connectivity index (χ3v) is 6.28.